The van der Waals surface area contributed by atoms with Gasteiger partial charge in [0.15, 0.2) is 0 Å². The Morgan fingerprint density at radius 3 is 2.05 bits per heavy atom. The molecule has 0 atom stereocenters. The van der Waals surface area contributed by atoms with Crippen LogP contribution in [0.15, 0.2) is 12.1 Å². The van der Waals surface area contributed by atoms with E-state index in [0.29, 0.717) is 10.9 Å². The largest absolute Gasteiger partial charge is 0.496 e. The zero-order valence-corrected chi connectivity index (χ0v) is 13.8. The predicted molar refractivity (Wildman–Crippen MR) is 84.2 cm³/mol. The Morgan fingerprint density at radius 1 is 1.00 bits per heavy atom. The highest BCUT2D eigenvalue weighted by Gasteiger charge is 2.52. The molecule has 1 saturated carbocycles. The van der Waals surface area contributed by atoms with Crippen LogP contribution in [-0.4, -0.2) is 18.3 Å². The van der Waals surface area contributed by atoms with E-state index in [4.69, 9.17) is 32.5 Å². The van der Waals surface area contributed by atoms with Crippen molar-refractivity contribution in [2.24, 2.45) is 0 Å². The summed E-state index contributed by atoms with van der Waals surface area (Å²) in [5.74, 6) is 0.570. The lowest BCUT2D eigenvalue weighted by molar-refractivity contribution is 0.00578. The van der Waals surface area contributed by atoms with Crippen molar-refractivity contribution in [1.82, 2.24) is 0 Å². The van der Waals surface area contributed by atoms with Gasteiger partial charge in [0.2, 0.25) is 0 Å². The lowest BCUT2D eigenvalue weighted by atomic mass is 9.78. The maximum atomic E-state index is 6.35. The predicted octanol–water partition coefficient (Wildman–Crippen LogP) is 4.17. The molecule has 1 aromatic carbocycles. The molecule has 2 aliphatic rings. The van der Waals surface area contributed by atoms with Crippen LogP contribution in [0.5, 0.6) is 0 Å². The van der Waals surface area contributed by atoms with Crippen LogP contribution in [0, 0.1) is 0 Å². The molecule has 5 heteroatoms. The van der Waals surface area contributed by atoms with Gasteiger partial charge in [-0.2, -0.15) is 0 Å². The van der Waals surface area contributed by atoms with Crippen LogP contribution < -0.4 is 5.46 Å². The lowest BCUT2D eigenvalue weighted by Crippen LogP contribution is -2.41. The van der Waals surface area contributed by atoms with E-state index in [0.717, 1.165) is 10.5 Å². The summed E-state index contributed by atoms with van der Waals surface area (Å²) in [7, 11) is -0.428. The van der Waals surface area contributed by atoms with Gasteiger partial charge in [0, 0.05) is 15.5 Å². The van der Waals surface area contributed by atoms with Gasteiger partial charge in [0.1, 0.15) is 0 Å². The first-order valence-corrected chi connectivity index (χ1v) is 7.81. The normalized spacial score (nSPS) is 24.2. The Labute approximate surface area is 130 Å². The molecule has 20 heavy (non-hydrogen) atoms. The second kappa shape index (κ2) is 4.64. The zero-order chi connectivity index (χ0) is 14.7. The van der Waals surface area contributed by atoms with Gasteiger partial charge in [-0.3, -0.25) is 0 Å². The summed E-state index contributed by atoms with van der Waals surface area (Å²) in [6, 6.07) is 3.88. The Bertz CT molecular complexity index is 537. The van der Waals surface area contributed by atoms with Gasteiger partial charge in [-0.25, -0.2) is 0 Å². The quantitative estimate of drug-likeness (QED) is 0.763. The van der Waals surface area contributed by atoms with Crippen molar-refractivity contribution in [2.45, 2.75) is 57.7 Å². The van der Waals surface area contributed by atoms with Crippen LogP contribution in [0.2, 0.25) is 10.0 Å². The molecule has 0 spiro atoms. The third-order valence-corrected chi connectivity index (χ3v) is 5.30. The Balaban J connectivity index is 1.97. The number of benzene rings is 1. The van der Waals surface area contributed by atoms with Crippen LogP contribution in [0.4, 0.5) is 0 Å². The monoisotopic (exact) mass is 312 g/mol. The fourth-order valence-corrected chi connectivity index (χ4v) is 3.07. The molecule has 0 N–H and O–H groups in total. The van der Waals surface area contributed by atoms with Crippen LogP contribution in [-0.2, 0) is 9.31 Å². The first kappa shape index (κ1) is 14.7. The first-order valence-electron chi connectivity index (χ1n) is 7.06. The summed E-state index contributed by atoms with van der Waals surface area (Å²) in [6.45, 7) is 8.16. The number of rotatable bonds is 2. The zero-order valence-electron chi connectivity index (χ0n) is 12.3. The lowest BCUT2D eigenvalue weighted by Gasteiger charge is -2.32. The molecule has 2 nitrogen and oxygen atoms in total. The minimum absolute atomic E-state index is 0.361. The Hall–Kier alpha value is -0.215. The molecule has 1 aliphatic heterocycles. The van der Waals surface area contributed by atoms with Crippen LogP contribution in [0.25, 0.3) is 0 Å². The fraction of sp³-hybridized carbons (Fsp3) is 0.600. The van der Waals surface area contributed by atoms with Gasteiger partial charge in [0.25, 0.3) is 0 Å². The number of halogens is 2. The minimum atomic E-state index is -0.428. The van der Waals surface area contributed by atoms with Crippen LogP contribution >= 0.6 is 23.2 Å². The van der Waals surface area contributed by atoms with E-state index in [2.05, 4.69) is 6.07 Å². The van der Waals surface area contributed by atoms with Crippen LogP contribution in [0.1, 0.15) is 52.0 Å². The average Bonchev–Trinajstić information content (AvgIpc) is 3.07. The molecule has 108 valence electrons. The maximum Gasteiger partial charge on any atom is 0.496 e. The van der Waals surface area contributed by atoms with Gasteiger partial charge in [-0.1, -0.05) is 29.3 Å². The van der Waals surface area contributed by atoms with Crippen molar-refractivity contribution in [3.8, 4) is 0 Å². The third-order valence-electron chi connectivity index (χ3n) is 4.64. The van der Waals surface area contributed by atoms with E-state index >= 15 is 0 Å². The van der Waals surface area contributed by atoms with Crippen molar-refractivity contribution in [2.75, 3.05) is 0 Å². The molecule has 1 aliphatic carbocycles. The summed E-state index contributed by atoms with van der Waals surface area (Å²) >= 11 is 12.6. The van der Waals surface area contributed by atoms with Gasteiger partial charge in [0.05, 0.1) is 11.2 Å². The first-order chi connectivity index (χ1) is 9.21. The van der Waals surface area contributed by atoms with E-state index in [1.807, 2.05) is 33.8 Å². The van der Waals surface area contributed by atoms with E-state index in [9.17, 15) is 0 Å². The van der Waals surface area contributed by atoms with E-state index in [-0.39, 0.29) is 11.2 Å². The van der Waals surface area contributed by atoms with Crippen molar-refractivity contribution in [3.63, 3.8) is 0 Å². The molecular formula is C15H19BCl2O2. The molecule has 2 fully saturated rings. The van der Waals surface area contributed by atoms with Gasteiger partial charge < -0.3 is 9.31 Å². The maximum absolute atomic E-state index is 6.35. The van der Waals surface area contributed by atoms with E-state index in [1.165, 1.54) is 18.4 Å². The molecule has 1 aromatic rings. The number of hydrogen-bond donors (Lipinski definition) is 0. The molecule has 0 bridgehead atoms. The third kappa shape index (κ3) is 2.39. The summed E-state index contributed by atoms with van der Waals surface area (Å²) < 4.78 is 12.2. The standard InChI is InChI=1S/C15H19BCl2O2/c1-14(2)15(3,4)20-16(19-14)11-7-10(9-5-6-9)12(17)8-13(11)18/h7-9H,5-6H2,1-4H3. The van der Waals surface area contributed by atoms with E-state index in [1.54, 1.807) is 0 Å². The molecule has 3 rings (SSSR count). The Morgan fingerprint density at radius 2 is 1.55 bits per heavy atom. The molecule has 0 amide bonds. The van der Waals surface area contributed by atoms with Crippen LogP contribution in [0.3, 0.4) is 0 Å². The van der Waals surface area contributed by atoms with Gasteiger partial charge in [-0.15, -0.1) is 0 Å². The summed E-state index contributed by atoms with van der Waals surface area (Å²) in [4.78, 5) is 0. The molecular weight excluding hydrogens is 294 g/mol. The van der Waals surface area contributed by atoms with Crippen molar-refractivity contribution in [3.05, 3.63) is 27.7 Å². The molecule has 0 aromatic heterocycles. The summed E-state index contributed by atoms with van der Waals surface area (Å²) in [5.41, 5.74) is 1.33. The summed E-state index contributed by atoms with van der Waals surface area (Å²) in [6.07, 6.45) is 2.40. The van der Waals surface area contributed by atoms with Gasteiger partial charge in [-0.05, 0) is 58.1 Å². The van der Waals surface area contributed by atoms with Crippen molar-refractivity contribution >= 4 is 35.8 Å². The highest BCUT2D eigenvalue weighted by Crippen LogP contribution is 2.44. The summed E-state index contributed by atoms with van der Waals surface area (Å²) in [5, 5.41) is 1.36. The highest BCUT2D eigenvalue weighted by atomic mass is 35.5. The fourth-order valence-electron chi connectivity index (χ4n) is 2.44. The molecule has 1 saturated heterocycles. The number of hydrogen-bond acceptors (Lipinski definition) is 2. The topological polar surface area (TPSA) is 18.5 Å². The van der Waals surface area contributed by atoms with Crippen molar-refractivity contribution < 1.29 is 9.31 Å². The second-order valence-electron chi connectivity index (χ2n) is 6.76. The van der Waals surface area contributed by atoms with E-state index < -0.39 is 7.12 Å². The smallest absolute Gasteiger partial charge is 0.399 e. The highest BCUT2D eigenvalue weighted by molar-refractivity contribution is 6.65. The molecule has 0 unspecified atom stereocenters. The average molecular weight is 313 g/mol. The molecule has 0 radical (unpaired) electrons. The Kier molecular flexibility index (Phi) is 3.41. The minimum Gasteiger partial charge on any atom is -0.399 e. The molecule has 1 heterocycles. The van der Waals surface area contributed by atoms with Gasteiger partial charge >= 0.3 is 7.12 Å². The SMILES string of the molecule is CC1(C)OB(c2cc(C3CC3)c(Cl)cc2Cl)OC1(C)C. The second-order valence-corrected chi connectivity index (χ2v) is 7.57. The van der Waals surface area contributed by atoms with Crippen molar-refractivity contribution in [1.29, 1.82) is 0 Å².